The summed E-state index contributed by atoms with van der Waals surface area (Å²) in [6.45, 7) is 6.21. The van der Waals surface area contributed by atoms with E-state index in [0.29, 0.717) is 12.0 Å². The minimum Gasteiger partial charge on any atom is -0.478 e. The molecule has 7 heteroatoms. The van der Waals surface area contributed by atoms with Gasteiger partial charge in [-0.3, -0.25) is 9.37 Å². The fraction of sp³-hybridized carbons (Fsp3) is 0.393. The van der Waals surface area contributed by atoms with Gasteiger partial charge < -0.3 is 14.2 Å². The van der Waals surface area contributed by atoms with Gasteiger partial charge in [0.1, 0.15) is 5.76 Å². The van der Waals surface area contributed by atoms with E-state index in [9.17, 15) is 14.3 Å². The highest BCUT2D eigenvalue weighted by molar-refractivity contribution is 5.97. The predicted molar refractivity (Wildman–Crippen MR) is 136 cm³/mol. The maximum absolute atomic E-state index is 12.3. The molecule has 1 N–H and O–H groups in total. The van der Waals surface area contributed by atoms with Crippen LogP contribution in [0.4, 0.5) is 4.39 Å². The second-order valence-electron chi connectivity index (χ2n) is 9.17. The number of fused-ring (bicyclic) bond motifs is 1. The molecule has 0 saturated carbocycles. The number of aromatic nitrogens is 3. The van der Waals surface area contributed by atoms with Crippen molar-refractivity contribution in [3.63, 3.8) is 0 Å². The van der Waals surface area contributed by atoms with Crippen LogP contribution in [0.2, 0.25) is 0 Å². The molecule has 0 aliphatic heterocycles. The number of carbonyl (C=O) groups is 1. The van der Waals surface area contributed by atoms with Gasteiger partial charge in [0.15, 0.2) is 0 Å². The molecule has 0 spiro atoms. The number of unbranched alkanes of at least 4 members (excludes halogenated alkanes) is 5. The molecule has 35 heavy (non-hydrogen) atoms. The van der Waals surface area contributed by atoms with Crippen LogP contribution in [0.3, 0.4) is 0 Å². The van der Waals surface area contributed by atoms with Crippen molar-refractivity contribution in [1.82, 2.24) is 14.7 Å². The molecule has 0 bridgehead atoms. The molecule has 3 heterocycles. The Morgan fingerprint density at radius 2 is 1.77 bits per heavy atom. The Morgan fingerprint density at radius 1 is 1.03 bits per heavy atom. The first-order valence-corrected chi connectivity index (χ1v) is 12.2. The molecule has 4 rings (SSSR count). The van der Waals surface area contributed by atoms with Crippen LogP contribution in [0.5, 0.6) is 0 Å². The lowest BCUT2D eigenvalue weighted by Gasteiger charge is -2.07. The molecular weight excluding hydrogens is 445 g/mol. The third-order valence-corrected chi connectivity index (χ3v) is 6.60. The first-order valence-electron chi connectivity index (χ1n) is 12.2. The SMILES string of the molecule is Cc1ccc(-c2cn(CCCCCCCCF)c3cc(-c4c(C)noc4C)cnc23)cc1C(=O)O. The van der Waals surface area contributed by atoms with Gasteiger partial charge in [0.25, 0.3) is 0 Å². The number of rotatable bonds is 11. The summed E-state index contributed by atoms with van der Waals surface area (Å²) in [6, 6.07) is 7.64. The van der Waals surface area contributed by atoms with Crippen LogP contribution in [0.25, 0.3) is 33.3 Å². The summed E-state index contributed by atoms with van der Waals surface area (Å²) in [5.41, 5.74) is 7.31. The van der Waals surface area contributed by atoms with E-state index in [4.69, 9.17) is 9.51 Å². The number of aryl methyl sites for hydroxylation is 4. The fourth-order valence-electron chi connectivity index (χ4n) is 4.70. The Kier molecular flexibility index (Phi) is 7.63. The highest BCUT2D eigenvalue weighted by Crippen LogP contribution is 2.34. The van der Waals surface area contributed by atoms with Crippen molar-refractivity contribution in [2.45, 2.75) is 65.8 Å². The van der Waals surface area contributed by atoms with Gasteiger partial charge in [-0.1, -0.05) is 43.0 Å². The van der Waals surface area contributed by atoms with Gasteiger partial charge in [-0.2, -0.15) is 0 Å². The summed E-state index contributed by atoms with van der Waals surface area (Å²) in [4.78, 5) is 16.5. The van der Waals surface area contributed by atoms with Crippen LogP contribution >= 0.6 is 0 Å². The van der Waals surface area contributed by atoms with Crippen LogP contribution < -0.4 is 0 Å². The van der Waals surface area contributed by atoms with Crippen molar-refractivity contribution < 1.29 is 18.8 Å². The number of pyridine rings is 1. The number of hydrogen-bond donors (Lipinski definition) is 1. The van der Waals surface area contributed by atoms with Gasteiger partial charge in [-0.05, 0) is 56.9 Å². The molecule has 4 aromatic rings. The molecule has 0 fully saturated rings. The molecule has 0 aliphatic carbocycles. The van der Waals surface area contributed by atoms with E-state index < -0.39 is 5.97 Å². The molecule has 6 nitrogen and oxygen atoms in total. The summed E-state index contributed by atoms with van der Waals surface area (Å²) in [5.74, 6) is -0.186. The Morgan fingerprint density at radius 3 is 2.46 bits per heavy atom. The lowest BCUT2D eigenvalue weighted by molar-refractivity contribution is 0.0696. The first-order chi connectivity index (χ1) is 16.9. The molecule has 0 amide bonds. The summed E-state index contributed by atoms with van der Waals surface area (Å²) < 4.78 is 19.9. The van der Waals surface area contributed by atoms with Crippen LogP contribution in [-0.4, -0.2) is 32.5 Å². The largest absolute Gasteiger partial charge is 0.478 e. The minimum absolute atomic E-state index is 0.235. The van der Waals surface area contributed by atoms with Crippen molar-refractivity contribution in [2.75, 3.05) is 6.67 Å². The molecule has 0 saturated heterocycles. The first kappa shape index (κ1) is 24.6. The third kappa shape index (κ3) is 5.29. The van der Waals surface area contributed by atoms with Crippen molar-refractivity contribution >= 4 is 17.0 Å². The molecule has 0 radical (unpaired) electrons. The van der Waals surface area contributed by atoms with E-state index in [1.807, 2.05) is 32.2 Å². The number of benzene rings is 1. The van der Waals surface area contributed by atoms with Gasteiger partial charge in [0.2, 0.25) is 0 Å². The number of carboxylic acids is 1. The average molecular weight is 478 g/mol. The van der Waals surface area contributed by atoms with Crippen LogP contribution in [0, 0.1) is 20.8 Å². The van der Waals surface area contributed by atoms with Crippen molar-refractivity contribution in [2.24, 2.45) is 0 Å². The zero-order chi connectivity index (χ0) is 24.9. The Balaban J connectivity index is 1.71. The summed E-state index contributed by atoms with van der Waals surface area (Å²) in [6.07, 6.45) is 9.73. The number of carboxylic acid groups (broad SMARTS) is 1. The van der Waals surface area contributed by atoms with Gasteiger partial charge in [0.05, 0.1) is 29.0 Å². The van der Waals surface area contributed by atoms with Crippen molar-refractivity contribution in [3.8, 4) is 22.3 Å². The second kappa shape index (κ2) is 10.8. The Labute approximate surface area is 204 Å². The van der Waals surface area contributed by atoms with Crippen LogP contribution in [0.1, 0.15) is 65.9 Å². The highest BCUT2D eigenvalue weighted by Gasteiger charge is 2.18. The van der Waals surface area contributed by atoms with E-state index in [-0.39, 0.29) is 6.67 Å². The third-order valence-electron chi connectivity index (χ3n) is 6.60. The Hall–Kier alpha value is -3.48. The fourth-order valence-corrected chi connectivity index (χ4v) is 4.70. The lowest BCUT2D eigenvalue weighted by Crippen LogP contribution is -1.99. The van der Waals surface area contributed by atoms with E-state index in [1.54, 1.807) is 13.0 Å². The molecule has 3 aromatic heterocycles. The van der Waals surface area contributed by atoms with Gasteiger partial charge in [-0.15, -0.1) is 0 Å². The molecular formula is C28H32FN3O3. The number of alkyl halides is 1. The highest BCUT2D eigenvalue weighted by atomic mass is 19.1. The van der Waals surface area contributed by atoms with E-state index >= 15 is 0 Å². The molecule has 0 aliphatic rings. The zero-order valence-corrected chi connectivity index (χ0v) is 20.6. The average Bonchev–Trinajstić information content (AvgIpc) is 3.37. The van der Waals surface area contributed by atoms with Gasteiger partial charge >= 0.3 is 5.97 Å². The molecule has 0 atom stereocenters. The van der Waals surface area contributed by atoms with Crippen molar-refractivity contribution in [3.05, 3.63) is 59.2 Å². The summed E-state index contributed by atoms with van der Waals surface area (Å²) in [7, 11) is 0. The monoisotopic (exact) mass is 477 g/mol. The smallest absolute Gasteiger partial charge is 0.335 e. The zero-order valence-electron chi connectivity index (χ0n) is 20.6. The van der Waals surface area contributed by atoms with E-state index in [0.717, 1.165) is 89.0 Å². The van der Waals surface area contributed by atoms with Crippen LogP contribution in [0.15, 0.2) is 41.2 Å². The topological polar surface area (TPSA) is 81.2 Å². The lowest BCUT2D eigenvalue weighted by atomic mass is 10.0. The van der Waals surface area contributed by atoms with Gasteiger partial charge in [-0.25, -0.2) is 4.79 Å². The normalized spacial score (nSPS) is 11.4. The predicted octanol–water partition coefficient (Wildman–Crippen LogP) is 7.29. The minimum atomic E-state index is -0.936. The number of hydrogen-bond acceptors (Lipinski definition) is 4. The maximum atomic E-state index is 12.3. The maximum Gasteiger partial charge on any atom is 0.335 e. The van der Waals surface area contributed by atoms with Crippen molar-refractivity contribution in [1.29, 1.82) is 0 Å². The standard InChI is InChI=1S/C28H32FN3O3/c1-18-10-11-21(14-23(18)28(33)34)24-17-32(13-9-7-5-4-6-8-12-29)25-15-22(16-30-27(24)25)26-19(2)31-35-20(26)3/h10-11,14-17H,4-9,12-13H2,1-3H3,(H,33,34). The Bertz CT molecular complexity index is 1320. The molecule has 0 unspecified atom stereocenters. The quantitative estimate of drug-likeness (QED) is 0.229. The summed E-state index contributed by atoms with van der Waals surface area (Å²) >= 11 is 0. The summed E-state index contributed by atoms with van der Waals surface area (Å²) in [5, 5.41) is 13.7. The number of aromatic carboxylic acids is 1. The molecule has 184 valence electrons. The van der Waals surface area contributed by atoms with E-state index in [1.165, 1.54) is 0 Å². The molecule has 1 aromatic carbocycles. The van der Waals surface area contributed by atoms with E-state index in [2.05, 4.69) is 22.0 Å². The van der Waals surface area contributed by atoms with Crippen LogP contribution in [-0.2, 0) is 6.54 Å². The second-order valence-corrected chi connectivity index (χ2v) is 9.17. The van der Waals surface area contributed by atoms with Gasteiger partial charge in [0, 0.05) is 35.6 Å². The number of halogens is 1. The number of nitrogens with zero attached hydrogens (tertiary/aromatic N) is 3.